The minimum Gasteiger partial charge on any atom is -0.504 e. The van der Waals surface area contributed by atoms with E-state index in [1.807, 2.05) is 66.7 Å². The average Bonchev–Trinajstić information content (AvgIpc) is 3.66. The van der Waals surface area contributed by atoms with Crippen molar-refractivity contribution in [3.05, 3.63) is 152 Å². The number of furan rings is 1. The van der Waals surface area contributed by atoms with E-state index in [0.29, 0.717) is 0 Å². The first kappa shape index (κ1) is 34.9. The summed E-state index contributed by atoms with van der Waals surface area (Å²) in [7, 11) is 0. The van der Waals surface area contributed by atoms with Crippen molar-refractivity contribution in [1.82, 2.24) is 0 Å². The van der Waals surface area contributed by atoms with Gasteiger partial charge in [0.2, 0.25) is 17.2 Å². The number of hydrogen-bond acceptors (Lipinski definition) is 8. The molecule has 0 aliphatic carbocycles. The van der Waals surface area contributed by atoms with Gasteiger partial charge in [0, 0.05) is 21.7 Å². The molecular weight excluding hydrogens is 753 g/mol. The van der Waals surface area contributed by atoms with Crippen molar-refractivity contribution >= 4 is 65.0 Å². The van der Waals surface area contributed by atoms with Gasteiger partial charge in [-0.05, 0) is 102 Å². The van der Waals surface area contributed by atoms with Crippen molar-refractivity contribution in [2.24, 2.45) is 0 Å². The van der Waals surface area contributed by atoms with Gasteiger partial charge in [-0.1, -0.05) is 121 Å². The highest BCUT2D eigenvalue weighted by molar-refractivity contribution is 6.23. The Bertz CT molecular complexity index is 3610. The molecule has 11 rings (SSSR count). The van der Waals surface area contributed by atoms with Gasteiger partial charge >= 0.3 is 0 Å². The molecular formula is C52H32O8. The highest BCUT2D eigenvalue weighted by atomic mass is 16.4. The number of rotatable bonds is 4. The van der Waals surface area contributed by atoms with Gasteiger partial charge in [0.1, 0.15) is 11.2 Å². The van der Waals surface area contributed by atoms with E-state index in [1.165, 1.54) is 0 Å². The third-order valence-electron chi connectivity index (χ3n) is 11.8. The molecule has 0 spiro atoms. The second kappa shape index (κ2) is 12.8. The highest BCUT2D eigenvalue weighted by Gasteiger charge is 2.30. The van der Waals surface area contributed by atoms with Gasteiger partial charge < -0.3 is 40.2 Å². The Balaban J connectivity index is 1.20. The number of phenolic OH excluding ortho intramolecular Hbond substituents is 7. The van der Waals surface area contributed by atoms with Gasteiger partial charge in [-0.15, -0.1) is 0 Å². The predicted molar refractivity (Wildman–Crippen MR) is 237 cm³/mol. The van der Waals surface area contributed by atoms with Crippen molar-refractivity contribution in [3.8, 4) is 84.8 Å². The number of hydrogen-bond donors (Lipinski definition) is 7. The van der Waals surface area contributed by atoms with Crippen LogP contribution in [0.3, 0.4) is 0 Å². The molecule has 0 fully saturated rings. The smallest absolute Gasteiger partial charge is 0.205 e. The molecule has 7 N–H and O–H groups in total. The van der Waals surface area contributed by atoms with Crippen LogP contribution in [-0.2, 0) is 0 Å². The van der Waals surface area contributed by atoms with Crippen molar-refractivity contribution in [1.29, 1.82) is 0 Å². The van der Waals surface area contributed by atoms with Crippen molar-refractivity contribution in [3.63, 3.8) is 0 Å². The Kier molecular flexibility index (Phi) is 7.45. The molecule has 8 heteroatoms. The molecule has 10 aromatic carbocycles. The number of benzene rings is 10. The Labute approximate surface area is 340 Å². The van der Waals surface area contributed by atoms with E-state index < -0.39 is 45.6 Å². The molecule has 0 amide bonds. The molecule has 0 saturated heterocycles. The second-order valence-electron chi connectivity index (χ2n) is 15.1. The number of phenols is 7. The zero-order chi connectivity index (χ0) is 41.0. The fourth-order valence-corrected chi connectivity index (χ4v) is 8.96. The molecule has 0 bridgehead atoms. The first-order valence-electron chi connectivity index (χ1n) is 19.2. The molecule has 0 atom stereocenters. The second-order valence-corrected chi connectivity index (χ2v) is 15.1. The summed E-state index contributed by atoms with van der Waals surface area (Å²) in [5.41, 5.74) is 7.46. The van der Waals surface area contributed by atoms with Crippen molar-refractivity contribution in [2.45, 2.75) is 0 Å². The van der Waals surface area contributed by atoms with Gasteiger partial charge in [-0.25, -0.2) is 0 Å². The lowest BCUT2D eigenvalue weighted by Crippen LogP contribution is -1.93. The van der Waals surface area contributed by atoms with Gasteiger partial charge in [0.15, 0.2) is 23.0 Å². The molecule has 1 heterocycles. The van der Waals surface area contributed by atoms with Gasteiger partial charge in [0.05, 0.1) is 5.39 Å². The number of aromatic hydroxyl groups is 7. The normalized spacial score (nSPS) is 11.8. The summed E-state index contributed by atoms with van der Waals surface area (Å²) < 4.78 is 6.08. The minimum atomic E-state index is -1.10. The van der Waals surface area contributed by atoms with Crippen LogP contribution >= 0.6 is 0 Å². The summed E-state index contributed by atoms with van der Waals surface area (Å²) in [4.78, 5) is 0. The van der Waals surface area contributed by atoms with Crippen LogP contribution in [0.5, 0.6) is 40.2 Å². The molecule has 8 nitrogen and oxygen atoms in total. The molecule has 0 radical (unpaired) electrons. The molecule has 60 heavy (non-hydrogen) atoms. The van der Waals surface area contributed by atoms with Gasteiger partial charge in [-0.2, -0.15) is 0 Å². The van der Waals surface area contributed by atoms with Crippen LogP contribution in [0, 0.1) is 0 Å². The zero-order valence-corrected chi connectivity index (χ0v) is 31.5. The fourth-order valence-electron chi connectivity index (χ4n) is 8.96. The van der Waals surface area contributed by atoms with Crippen LogP contribution in [0.15, 0.2) is 156 Å². The van der Waals surface area contributed by atoms with E-state index in [0.717, 1.165) is 87.6 Å². The third-order valence-corrected chi connectivity index (χ3v) is 11.8. The molecule has 0 aliphatic heterocycles. The van der Waals surface area contributed by atoms with Gasteiger partial charge in [0.25, 0.3) is 0 Å². The topological polar surface area (TPSA) is 155 Å². The SMILES string of the molecule is Oc1c(O)c(O)c2c(-c3ccc4c(-c5ccc6ccccc6c5)c5ccccc5c(-c5ccc(-c6ccc7oc8ccccc8c7c6)cc5)c4c3)c(O)c(O)c(O)c2c1O. The lowest BCUT2D eigenvalue weighted by molar-refractivity contribution is 0.347. The quantitative estimate of drug-likeness (QED) is 0.0528. The lowest BCUT2D eigenvalue weighted by atomic mass is 9.83. The molecule has 0 aliphatic rings. The summed E-state index contributed by atoms with van der Waals surface area (Å²) >= 11 is 0. The van der Waals surface area contributed by atoms with Gasteiger partial charge in [-0.3, -0.25) is 0 Å². The number of para-hydroxylation sites is 1. The maximum atomic E-state index is 11.5. The molecule has 11 aromatic rings. The molecule has 1 aromatic heterocycles. The minimum absolute atomic E-state index is 0.186. The monoisotopic (exact) mass is 784 g/mol. The van der Waals surface area contributed by atoms with Crippen LogP contribution in [0.2, 0.25) is 0 Å². The molecule has 288 valence electrons. The van der Waals surface area contributed by atoms with Crippen molar-refractivity contribution in [2.75, 3.05) is 0 Å². The van der Waals surface area contributed by atoms with Crippen LogP contribution in [-0.4, -0.2) is 35.7 Å². The van der Waals surface area contributed by atoms with E-state index in [4.69, 9.17) is 4.42 Å². The molecule has 0 saturated carbocycles. The van der Waals surface area contributed by atoms with E-state index in [1.54, 1.807) is 6.07 Å². The average molecular weight is 785 g/mol. The van der Waals surface area contributed by atoms with Crippen LogP contribution in [0.25, 0.3) is 110 Å². The van der Waals surface area contributed by atoms with E-state index in [9.17, 15) is 35.7 Å². The molecule has 0 unspecified atom stereocenters. The van der Waals surface area contributed by atoms with E-state index in [2.05, 4.69) is 78.9 Å². The third kappa shape index (κ3) is 4.98. The summed E-state index contributed by atoms with van der Waals surface area (Å²) in [5, 5.41) is 83.2. The lowest BCUT2D eigenvalue weighted by Gasteiger charge is -2.20. The Morgan fingerprint density at radius 2 is 0.750 bits per heavy atom. The zero-order valence-electron chi connectivity index (χ0n) is 31.5. The van der Waals surface area contributed by atoms with Crippen molar-refractivity contribution < 1.29 is 40.2 Å². The Morgan fingerprint density at radius 3 is 1.48 bits per heavy atom. The Hall–Kier alpha value is -8.36. The summed E-state index contributed by atoms with van der Waals surface area (Å²) in [6.45, 7) is 0. The van der Waals surface area contributed by atoms with Crippen LogP contribution in [0.4, 0.5) is 0 Å². The van der Waals surface area contributed by atoms with Crippen LogP contribution < -0.4 is 0 Å². The standard InChI is InChI=1S/C52H32O8/c53-46-43(44-45(48(55)50(46)57)49(56)52(59)51(58)47(44)54)32-19-21-36-38(25-32)41(34-10-3-4-11-35(34)42(36)31-18-15-26-7-1-2-8-29(26)23-31)28-16-13-27(14-17-28)30-20-22-40-37(24-30)33-9-5-6-12-39(33)60-40/h1-25,53-59H. The van der Waals surface area contributed by atoms with E-state index in [-0.39, 0.29) is 16.5 Å². The maximum Gasteiger partial charge on any atom is 0.205 e. The summed E-state index contributed by atoms with van der Waals surface area (Å²) in [6.07, 6.45) is 0. The predicted octanol–water partition coefficient (Wildman–Crippen LogP) is 12.8. The first-order valence-corrected chi connectivity index (χ1v) is 19.2. The fraction of sp³-hybridized carbons (Fsp3) is 0. The van der Waals surface area contributed by atoms with E-state index >= 15 is 0 Å². The summed E-state index contributed by atoms with van der Waals surface area (Å²) in [5.74, 6) is -6.82. The highest BCUT2D eigenvalue weighted by Crippen LogP contribution is 2.60. The first-order chi connectivity index (χ1) is 29.2. The van der Waals surface area contributed by atoms with Crippen LogP contribution in [0.1, 0.15) is 0 Å². The number of fused-ring (bicyclic) bond motifs is 7. The summed E-state index contributed by atoms with van der Waals surface area (Å²) in [6, 6.07) is 50.5. The Morgan fingerprint density at radius 1 is 0.267 bits per heavy atom. The largest absolute Gasteiger partial charge is 0.504 e. The maximum absolute atomic E-state index is 11.5.